The summed E-state index contributed by atoms with van der Waals surface area (Å²) in [6, 6.07) is 23.1. The molecule has 0 bridgehead atoms. The topological polar surface area (TPSA) is 46.5 Å². The summed E-state index contributed by atoms with van der Waals surface area (Å²) in [7, 11) is -3.81. The van der Waals surface area contributed by atoms with Gasteiger partial charge in [0.25, 0.3) is 0 Å². The second kappa shape index (κ2) is 5.38. The highest BCUT2D eigenvalue weighted by molar-refractivity contribution is 7.62. The molecule has 114 valence electrons. The van der Waals surface area contributed by atoms with Crippen LogP contribution in [0.25, 0.3) is 11.1 Å². The lowest BCUT2D eigenvalue weighted by atomic mass is 9.98. The van der Waals surface area contributed by atoms with Gasteiger partial charge in [0.15, 0.2) is 0 Å². The Morgan fingerprint density at radius 3 is 2.39 bits per heavy atom. The van der Waals surface area contributed by atoms with Crippen LogP contribution in [-0.2, 0) is 11.0 Å². The Morgan fingerprint density at radius 1 is 0.826 bits per heavy atom. The minimum Gasteiger partial charge on any atom is -0.421 e. The van der Waals surface area contributed by atoms with Crippen LogP contribution in [0.4, 0.5) is 0 Å². The molecule has 1 aliphatic heterocycles. The van der Waals surface area contributed by atoms with Crippen LogP contribution in [0, 0.1) is 0 Å². The quantitative estimate of drug-likeness (QED) is 0.721. The summed E-state index contributed by atoms with van der Waals surface area (Å²) in [4.78, 5) is 10.2. The van der Waals surface area contributed by atoms with E-state index in [4.69, 9.17) is 4.52 Å². The average Bonchev–Trinajstić information content (AvgIpc) is 2.55. The molecule has 0 saturated carbocycles. The van der Waals surface area contributed by atoms with Gasteiger partial charge in [-0.2, -0.15) is 0 Å². The predicted molar refractivity (Wildman–Crippen MR) is 91.2 cm³/mol. The van der Waals surface area contributed by atoms with Crippen molar-refractivity contribution in [2.24, 2.45) is 0 Å². The average molecular weight is 322 g/mol. The van der Waals surface area contributed by atoms with Crippen LogP contribution >= 0.6 is 7.60 Å². The minimum absolute atomic E-state index is 0.369. The van der Waals surface area contributed by atoms with Gasteiger partial charge in [0.1, 0.15) is 5.75 Å². The Morgan fingerprint density at radius 2 is 1.57 bits per heavy atom. The monoisotopic (exact) mass is 322 g/mol. The summed E-state index contributed by atoms with van der Waals surface area (Å²) in [5.41, 5.74) is 3.95. The highest BCUT2D eigenvalue weighted by atomic mass is 31.2. The zero-order valence-corrected chi connectivity index (χ0v) is 13.2. The van der Waals surface area contributed by atoms with Gasteiger partial charge in [0, 0.05) is 11.1 Å². The number of fused-ring (bicyclic) bond motifs is 3. The van der Waals surface area contributed by atoms with Crippen LogP contribution in [0.1, 0.15) is 11.1 Å². The minimum atomic E-state index is -3.81. The molecule has 0 radical (unpaired) electrons. The van der Waals surface area contributed by atoms with E-state index in [2.05, 4.69) is 12.1 Å². The van der Waals surface area contributed by atoms with E-state index in [9.17, 15) is 9.46 Å². The summed E-state index contributed by atoms with van der Waals surface area (Å²) < 4.78 is 17.7. The summed E-state index contributed by atoms with van der Waals surface area (Å²) in [5.74, 6) is 0.461. The van der Waals surface area contributed by atoms with Crippen LogP contribution in [0.2, 0.25) is 0 Å². The molecule has 3 nitrogen and oxygen atoms in total. The van der Waals surface area contributed by atoms with Crippen molar-refractivity contribution < 1.29 is 14.0 Å². The zero-order chi connectivity index (χ0) is 15.9. The zero-order valence-electron chi connectivity index (χ0n) is 12.3. The van der Waals surface area contributed by atoms with Crippen LogP contribution < -0.4 is 9.83 Å². The van der Waals surface area contributed by atoms with Crippen molar-refractivity contribution in [3.05, 3.63) is 83.9 Å². The van der Waals surface area contributed by atoms with Gasteiger partial charge in [-0.3, -0.25) is 0 Å². The predicted octanol–water partition coefficient (Wildman–Crippen LogP) is 4.15. The number of hydrogen-bond donors (Lipinski definition) is 1. The van der Waals surface area contributed by atoms with Gasteiger partial charge >= 0.3 is 7.60 Å². The van der Waals surface area contributed by atoms with Crippen LogP contribution in [0.5, 0.6) is 5.75 Å². The molecule has 4 heteroatoms. The van der Waals surface area contributed by atoms with Crippen molar-refractivity contribution in [2.45, 2.75) is 6.42 Å². The maximum atomic E-state index is 12.4. The lowest BCUT2D eigenvalue weighted by molar-refractivity contribution is 0.392. The highest BCUT2D eigenvalue weighted by Gasteiger charge is 2.34. The first-order valence-electron chi connectivity index (χ1n) is 7.43. The molecule has 4 rings (SSSR count). The molecule has 0 fully saturated rings. The summed E-state index contributed by atoms with van der Waals surface area (Å²) in [5, 5.41) is 0.369. The second-order valence-electron chi connectivity index (χ2n) is 5.62. The molecule has 1 heterocycles. The van der Waals surface area contributed by atoms with Crippen LogP contribution in [0.15, 0.2) is 72.8 Å². The van der Waals surface area contributed by atoms with Crippen molar-refractivity contribution in [1.82, 2.24) is 0 Å². The molecule has 3 aromatic carbocycles. The van der Waals surface area contributed by atoms with Crippen molar-refractivity contribution in [1.29, 1.82) is 0 Å². The lowest BCUT2D eigenvalue weighted by Gasteiger charge is -2.25. The van der Waals surface area contributed by atoms with E-state index in [0.717, 1.165) is 23.1 Å². The van der Waals surface area contributed by atoms with E-state index in [0.29, 0.717) is 11.1 Å². The smallest absolute Gasteiger partial charge is 0.408 e. The third-order valence-electron chi connectivity index (χ3n) is 4.02. The third kappa shape index (κ3) is 2.59. The van der Waals surface area contributed by atoms with E-state index in [1.807, 2.05) is 42.5 Å². The standard InChI is InChI=1S/C19H15O3P/c20-23(21)19-11-10-15(12-14-6-2-1-3-7-14)13-17(19)16-8-4-5-9-18(16)22-23/h1-11,13H,12H2,(H,20,21). The molecular weight excluding hydrogens is 307 g/mol. The number of hydrogen-bond acceptors (Lipinski definition) is 2. The third-order valence-corrected chi connectivity index (χ3v) is 5.46. The fourth-order valence-corrected chi connectivity index (χ4v) is 4.21. The molecule has 0 aromatic heterocycles. The Balaban J connectivity index is 1.83. The fraction of sp³-hybridized carbons (Fsp3) is 0.0526. The van der Waals surface area contributed by atoms with Crippen molar-refractivity contribution in [2.75, 3.05) is 0 Å². The number of para-hydroxylation sites is 1. The molecule has 0 aliphatic carbocycles. The molecule has 1 aliphatic rings. The Hall–Kier alpha value is -2.35. The first kappa shape index (κ1) is 14.3. The Labute approximate surface area is 134 Å². The highest BCUT2D eigenvalue weighted by Crippen LogP contribution is 2.51. The molecule has 23 heavy (non-hydrogen) atoms. The molecule has 1 atom stereocenters. The Kier molecular flexibility index (Phi) is 3.33. The van der Waals surface area contributed by atoms with Crippen LogP contribution in [-0.4, -0.2) is 4.89 Å². The lowest BCUT2D eigenvalue weighted by Crippen LogP contribution is -2.17. The van der Waals surface area contributed by atoms with Crippen molar-refractivity contribution in [3.63, 3.8) is 0 Å². The van der Waals surface area contributed by atoms with E-state index in [1.165, 1.54) is 5.56 Å². The van der Waals surface area contributed by atoms with Crippen molar-refractivity contribution in [3.8, 4) is 16.9 Å². The molecule has 1 unspecified atom stereocenters. The number of rotatable bonds is 2. The molecule has 0 saturated heterocycles. The van der Waals surface area contributed by atoms with Crippen LogP contribution in [0.3, 0.4) is 0 Å². The van der Waals surface area contributed by atoms with Gasteiger partial charge in [0.2, 0.25) is 0 Å². The van der Waals surface area contributed by atoms with Gasteiger partial charge in [-0.15, -0.1) is 0 Å². The molecular formula is C19H15O3P. The Bertz CT molecular complexity index is 919. The SMILES string of the molecule is O=P1(O)Oc2ccccc2-c2cc(Cc3ccccc3)ccc21. The summed E-state index contributed by atoms with van der Waals surface area (Å²) in [6.45, 7) is 0. The molecule has 0 amide bonds. The summed E-state index contributed by atoms with van der Waals surface area (Å²) in [6.07, 6.45) is 0.785. The molecule has 3 aromatic rings. The first-order chi connectivity index (χ1) is 11.1. The normalized spacial score (nSPS) is 18.7. The maximum Gasteiger partial charge on any atom is 0.408 e. The first-order valence-corrected chi connectivity index (χ1v) is 9.00. The van der Waals surface area contributed by atoms with Gasteiger partial charge in [-0.05, 0) is 35.7 Å². The van der Waals surface area contributed by atoms with E-state index in [1.54, 1.807) is 18.2 Å². The van der Waals surface area contributed by atoms with Crippen molar-refractivity contribution >= 4 is 12.9 Å². The number of benzene rings is 3. The van der Waals surface area contributed by atoms with Gasteiger partial charge in [-0.25, -0.2) is 4.57 Å². The largest absolute Gasteiger partial charge is 0.421 e. The van der Waals surface area contributed by atoms with Gasteiger partial charge in [0.05, 0.1) is 5.30 Å². The molecule has 0 spiro atoms. The van der Waals surface area contributed by atoms with Gasteiger partial charge < -0.3 is 9.42 Å². The van der Waals surface area contributed by atoms with E-state index >= 15 is 0 Å². The second-order valence-corrected chi connectivity index (χ2v) is 7.33. The van der Waals surface area contributed by atoms with Gasteiger partial charge in [-0.1, -0.05) is 54.6 Å². The fourth-order valence-electron chi connectivity index (χ4n) is 2.94. The molecule has 1 N–H and O–H groups in total. The summed E-state index contributed by atoms with van der Waals surface area (Å²) >= 11 is 0. The van der Waals surface area contributed by atoms with E-state index < -0.39 is 7.60 Å². The maximum absolute atomic E-state index is 12.4. The van der Waals surface area contributed by atoms with E-state index in [-0.39, 0.29) is 0 Å².